The van der Waals surface area contributed by atoms with Gasteiger partial charge >= 0.3 is 0 Å². The topological polar surface area (TPSA) is 54.0 Å². The van der Waals surface area contributed by atoms with Crippen molar-refractivity contribution in [2.45, 2.75) is 20.3 Å². The van der Waals surface area contributed by atoms with Gasteiger partial charge in [-0.05, 0) is 13.5 Å². The molecule has 0 spiro atoms. The SMILES string of the molecule is CCNCCNC(=O)Cc1csc(-c2ccc(C)cc2)n1.Cl.Cl. The van der Waals surface area contributed by atoms with Gasteiger partial charge in [-0.25, -0.2) is 4.98 Å². The molecule has 0 saturated heterocycles. The lowest BCUT2D eigenvalue weighted by atomic mass is 10.2. The third-order valence-electron chi connectivity index (χ3n) is 3.07. The molecule has 4 nitrogen and oxygen atoms in total. The number of carbonyl (C=O) groups excluding carboxylic acids is 1. The Kier molecular flexibility index (Phi) is 10.8. The van der Waals surface area contributed by atoms with E-state index in [1.165, 1.54) is 5.56 Å². The normalized spacial score (nSPS) is 9.65. The maximum absolute atomic E-state index is 11.8. The Bertz CT molecular complexity index is 587. The number of thiazole rings is 1. The van der Waals surface area contributed by atoms with Crippen LogP contribution in [-0.4, -0.2) is 30.5 Å². The van der Waals surface area contributed by atoms with E-state index in [0.29, 0.717) is 13.0 Å². The highest BCUT2D eigenvalue weighted by atomic mass is 35.5. The van der Waals surface area contributed by atoms with Gasteiger partial charge in [-0.1, -0.05) is 36.8 Å². The predicted octanol–water partition coefficient (Wildman–Crippen LogP) is 3.23. The fraction of sp³-hybridized carbons (Fsp3) is 0.375. The van der Waals surface area contributed by atoms with Crippen molar-refractivity contribution in [3.63, 3.8) is 0 Å². The lowest BCUT2D eigenvalue weighted by Crippen LogP contribution is -2.32. The highest BCUT2D eigenvalue weighted by molar-refractivity contribution is 7.13. The smallest absolute Gasteiger partial charge is 0.226 e. The second-order valence-electron chi connectivity index (χ2n) is 4.89. The number of amides is 1. The molecule has 0 saturated carbocycles. The van der Waals surface area contributed by atoms with Crippen molar-refractivity contribution in [3.05, 3.63) is 40.9 Å². The minimum Gasteiger partial charge on any atom is -0.354 e. The van der Waals surface area contributed by atoms with E-state index in [2.05, 4.69) is 46.8 Å². The first-order valence-corrected chi connectivity index (χ1v) is 8.06. The van der Waals surface area contributed by atoms with E-state index < -0.39 is 0 Å². The summed E-state index contributed by atoms with van der Waals surface area (Å²) in [5, 5.41) is 8.98. The van der Waals surface area contributed by atoms with Crippen molar-refractivity contribution in [1.29, 1.82) is 0 Å². The highest BCUT2D eigenvalue weighted by Crippen LogP contribution is 2.24. The van der Waals surface area contributed by atoms with Crippen molar-refractivity contribution in [2.24, 2.45) is 0 Å². The number of aryl methyl sites for hydroxylation is 1. The molecule has 0 aliphatic rings. The largest absolute Gasteiger partial charge is 0.354 e. The van der Waals surface area contributed by atoms with Crippen LogP contribution >= 0.6 is 36.2 Å². The molecule has 23 heavy (non-hydrogen) atoms. The second kappa shape index (κ2) is 11.4. The zero-order chi connectivity index (χ0) is 15.1. The van der Waals surface area contributed by atoms with Crippen molar-refractivity contribution >= 4 is 42.1 Å². The minimum atomic E-state index is 0. The van der Waals surface area contributed by atoms with Crippen LogP contribution in [0.25, 0.3) is 10.6 Å². The highest BCUT2D eigenvalue weighted by Gasteiger charge is 2.08. The number of halogens is 2. The van der Waals surface area contributed by atoms with Crippen LogP contribution in [0, 0.1) is 6.92 Å². The Morgan fingerprint density at radius 1 is 1.17 bits per heavy atom. The quantitative estimate of drug-likeness (QED) is 0.730. The number of benzene rings is 1. The molecule has 7 heteroatoms. The summed E-state index contributed by atoms with van der Waals surface area (Å²) >= 11 is 1.58. The summed E-state index contributed by atoms with van der Waals surface area (Å²) in [6, 6.07) is 8.27. The van der Waals surface area contributed by atoms with Crippen LogP contribution in [0.1, 0.15) is 18.2 Å². The van der Waals surface area contributed by atoms with Gasteiger partial charge in [0, 0.05) is 24.0 Å². The molecule has 0 aliphatic carbocycles. The minimum absolute atomic E-state index is 0. The summed E-state index contributed by atoms with van der Waals surface area (Å²) in [6.07, 6.45) is 0.342. The van der Waals surface area contributed by atoms with Gasteiger partial charge < -0.3 is 10.6 Å². The molecule has 1 heterocycles. The molecule has 0 radical (unpaired) electrons. The van der Waals surface area contributed by atoms with Crippen molar-refractivity contribution in [2.75, 3.05) is 19.6 Å². The first kappa shape index (κ1) is 21.9. The van der Waals surface area contributed by atoms with Crippen LogP contribution in [0.3, 0.4) is 0 Å². The van der Waals surface area contributed by atoms with Crippen LogP contribution in [0.4, 0.5) is 0 Å². The zero-order valence-corrected chi connectivity index (χ0v) is 15.7. The van der Waals surface area contributed by atoms with E-state index in [-0.39, 0.29) is 30.7 Å². The first-order chi connectivity index (χ1) is 10.2. The van der Waals surface area contributed by atoms with Gasteiger partial charge in [0.1, 0.15) is 5.01 Å². The Balaban J connectivity index is 0.00000242. The Hall–Kier alpha value is -1.14. The number of hydrogen-bond donors (Lipinski definition) is 2. The Morgan fingerprint density at radius 3 is 2.52 bits per heavy atom. The standard InChI is InChI=1S/C16H21N3OS.2ClH/c1-3-17-8-9-18-15(20)10-14-11-21-16(19-14)13-6-4-12(2)5-7-13;;/h4-7,11,17H,3,8-10H2,1-2H3,(H,18,20);2*1H. The number of hydrogen-bond acceptors (Lipinski definition) is 4. The summed E-state index contributed by atoms with van der Waals surface area (Å²) in [5.41, 5.74) is 3.16. The van der Waals surface area contributed by atoms with Gasteiger partial charge in [-0.15, -0.1) is 36.2 Å². The summed E-state index contributed by atoms with van der Waals surface area (Å²) in [5.74, 6) is 0.0219. The molecule has 0 aliphatic heterocycles. The van der Waals surface area contributed by atoms with Gasteiger partial charge in [-0.3, -0.25) is 4.79 Å². The van der Waals surface area contributed by atoms with Crippen molar-refractivity contribution in [1.82, 2.24) is 15.6 Å². The maximum Gasteiger partial charge on any atom is 0.226 e. The molecule has 128 valence electrons. The molecule has 0 atom stereocenters. The van der Waals surface area contributed by atoms with Gasteiger partial charge in [0.05, 0.1) is 12.1 Å². The lowest BCUT2D eigenvalue weighted by molar-refractivity contribution is -0.120. The third-order valence-corrected chi connectivity index (χ3v) is 4.01. The molecule has 1 aromatic carbocycles. The average Bonchev–Trinajstić information content (AvgIpc) is 2.93. The first-order valence-electron chi connectivity index (χ1n) is 7.18. The van der Waals surface area contributed by atoms with Crippen LogP contribution in [-0.2, 0) is 11.2 Å². The molecule has 0 fully saturated rings. The Labute approximate surface area is 153 Å². The molecule has 1 amide bonds. The number of nitrogens with one attached hydrogen (secondary N) is 2. The van der Waals surface area contributed by atoms with E-state index in [9.17, 15) is 4.79 Å². The molecule has 2 aromatic rings. The molecule has 1 aromatic heterocycles. The van der Waals surface area contributed by atoms with Crippen LogP contribution in [0.5, 0.6) is 0 Å². The van der Waals surface area contributed by atoms with Crippen molar-refractivity contribution < 1.29 is 4.79 Å². The fourth-order valence-corrected chi connectivity index (χ4v) is 2.74. The van der Waals surface area contributed by atoms with Gasteiger partial charge in [0.15, 0.2) is 0 Å². The summed E-state index contributed by atoms with van der Waals surface area (Å²) in [4.78, 5) is 16.3. The number of likely N-dealkylation sites (N-methyl/N-ethyl adjacent to an activating group) is 1. The average molecular weight is 376 g/mol. The molecule has 0 unspecified atom stereocenters. The lowest BCUT2D eigenvalue weighted by Gasteiger charge is -2.04. The summed E-state index contributed by atoms with van der Waals surface area (Å²) in [7, 11) is 0. The number of carbonyl (C=O) groups is 1. The van der Waals surface area contributed by atoms with E-state index >= 15 is 0 Å². The summed E-state index contributed by atoms with van der Waals surface area (Å²) in [6.45, 7) is 6.48. The van der Waals surface area contributed by atoms with E-state index in [4.69, 9.17) is 0 Å². The molecular weight excluding hydrogens is 353 g/mol. The molecular formula is C16H23Cl2N3OS. The van der Waals surface area contributed by atoms with Gasteiger partial charge in [0.2, 0.25) is 5.91 Å². The third kappa shape index (κ3) is 7.31. The monoisotopic (exact) mass is 375 g/mol. The maximum atomic E-state index is 11.8. The van der Waals surface area contributed by atoms with E-state index in [1.54, 1.807) is 11.3 Å². The van der Waals surface area contributed by atoms with Crippen LogP contribution < -0.4 is 10.6 Å². The van der Waals surface area contributed by atoms with E-state index in [1.807, 2.05) is 12.3 Å². The van der Waals surface area contributed by atoms with Gasteiger partial charge in [-0.2, -0.15) is 0 Å². The van der Waals surface area contributed by atoms with Crippen LogP contribution in [0.2, 0.25) is 0 Å². The summed E-state index contributed by atoms with van der Waals surface area (Å²) < 4.78 is 0. The van der Waals surface area contributed by atoms with Crippen LogP contribution in [0.15, 0.2) is 29.6 Å². The molecule has 2 N–H and O–H groups in total. The number of nitrogens with zero attached hydrogens (tertiary/aromatic N) is 1. The van der Waals surface area contributed by atoms with Gasteiger partial charge in [0.25, 0.3) is 0 Å². The fourth-order valence-electron chi connectivity index (χ4n) is 1.91. The molecule has 2 rings (SSSR count). The number of aromatic nitrogens is 1. The van der Waals surface area contributed by atoms with E-state index in [0.717, 1.165) is 29.4 Å². The Morgan fingerprint density at radius 2 is 1.87 bits per heavy atom. The molecule has 0 bridgehead atoms. The van der Waals surface area contributed by atoms with Crippen molar-refractivity contribution in [3.8, 4) is 10.6 Å². The number of rotatable bonds is 7. The predicted molar refractivity (Wildman–Crippen MR) is 102 cm³/mol. The zero-order valence-electron chi connectivity index (χ0n) is 13.3. The second-order valence-corrected chi connectivity index (χ2v) is 5.75.